The summed E-state index contributed by atoms with van der Waals surface area (Å²) in [7, 11) is 0. The first-order valence-electron chi connectivity index (χ1n) is 4.89. The highest BCUT2D eigenvalue weighted by molar-refractivity contribution is 6.30. The van der Waals surface area contributed by atoms with Gasteiger partial charge < -0.3 is 5.73 Å². The second-order valence-corrected chi connectivity index (χ2v) is 3.99. The quantitative estimate of drug-likeness (QED) is 0.895. The molecule has 1 atom stereocenters. The minimum Gasteiger partial charge on any atom is -0.320 e. The topological polar surface area (TPSA) is 38.9 Å². The molecule has 0 aliphatic rings. The summed E-state index contributed by atoms with van der Waals surface area (Å²) >= 11 is 5.57. The van der Waals surface area contributed by atoms with Gasteiger partial charge in [-0.25, -0.2) is 8.78 Å². The van der Waals surface area contributed by atoms with Crippen LogP contribution in [0.1, 0.15) is 17.2 Å². The van der Waals surface area contributed by atoms with Crippen LogP contribution in [0.25, 0.3) is 0 Å². The van der Waals surface area contributed by atoms with Crippen molar-refractivity contribution >= 4 is 11.6 Å². The van der Waals surface area contributed by atoms with Crippen LogP contribution in [-0.2, 0) is 0 Å². The lowest BCUT2D eigenvalue weighted by Gasteiger charge is -2.12. The van der Waals surface area contributed by atoms with Crippen molar-refractivity contribution in [1.82, 2.24) is 4.98 Å². The monoisotopic (exact) mass is 254 g/mol. The Hall–Kier alpha value is -1.52. The van der Waals surface area contributed by atoms with Crippen LogP contribution in [0.2, 0.25) is 5.02 Å². The molecule has 17 heavy (non-hydrogen) atoms. The summed E-state index contributed by atoms with van der Waals surface area (Å²) in [5.41, 5.74) is 6.88. The second kappa shape index (κ2) is 4.77. The van der Waals surface area contributed by atoms with E-state index in [2.05, 4.69) is 4.98 Å². The van der Waals surface area contributed by atoms with E-state index >= 15 is 0 Å². The second-order valence-electron chi connectivity index (χ2n) is 3.59. The molecule has 0 amide bonds. The van der Waals surface area contributed by atoms with E-state index < -0.39 is 17.7 Å². The zero-order valence-corrected chi connectivity index (χ0v) is 9.46. The number of hydrogen-bond donors (Lipinski definition) is 1. The SMILES string of the molecule is NC(c1cncc(F)c1)c1ccc(Cl)c(F)c1. The van der Waals surface area contributed by atoms with Crippen LogP contribution >= 0.6 is 11.6 Å². The molecule has 88 valence electrons. The molecular weight excluding hydrogens is 246 g/mol. The van der Waals surface area contributed by atoms with E-state index in [-0.39, 0.29) is 5.02 Å². The van der Waals surface area contributed by atoms with E-state index in [1.54, 1.807) is 6.07 Å². The number of aromatic nitrogens is 1. The molecular formula is C12H9ClF2N2. The Morgan fingerprint density at radius 3 is 2.53 bits per heavy atom. The van der Waals surface area contributed by atoms with Gasteiger partial charge in [0.05, 0.1) is 17.3 Å². The molecule has 0 aliphatic heterocycles. The first kappa shape index (κ1) is 12.0. The summed E-state index contributed by atoms with van der Waals surface area (Å²) in [5.74, 6) is -1.03. The molecule has 1 unspecified atom stereocenters. The van der Waals surface area contributed by atoms with Gasteiger partial charge in [-0.2, -0.15) is 0 Å². The average Bonchev–Trinajstić information content (AvgIpc) is 2.32. The fourth-order valence-electron chi connectivity index (χ4n) is 1.50. The van der Waals surface area contributed by atoms with Crippen LogP contribution in [0.15, 0.2) is 36.7 Å². The van der Waals surface area contributed by atoms with Gasteiger partial charge in [0.2, 0.25) is 0 Å². The van der Waals surface area contributed by atoms with Gasteiger partial charge in [-0.3, -0.25) is 4.98 Å². The molecule has 2 N–H and O–H groups in total. The molecule has 1 heterocycles. The Balaban J connectivity index is 2.36. The molecule has 0 saturated heterocycles. The third-order valence-electron chi connectivity index (χ3n) is 2.39. The van der Waals surface area contributed by atoms with Crippen LogP contribution in [0, 0.1) is 11.6 Å². The fourth-order valence-corrected chi connectivity index (χ4v) is 1.61. The number of pyridine rings is 1. The maximum absolute atomic E-state index is 13.3. The van der Waals surface area contributed by atoms with Gasteiger partial charge in [-0.15, -0.1) is 0 Å². The zero-order valence-electron chi connectivity index (χ0n) is 8.70. The van der Waals surface area contributed by atoms with E-state index in [1.165, 1.54) is 24.4 Å². The molecule has 5 heteroatoms. The minimum atomic E-state index is -0.634. The Bertz CT molecular complexity index is 546. The lowest BCUT2D eigenvalue weighted by atomic mass is 10.0. The average molecular weight is 255 g/mol. The highest BCUT2D eigenvalue weighted by Crippen LogP contribution is 2.23. The zero-order chi connectivity index (χ0) is 12.4. The minimum absolute atomic E-state index is 0.0262. The number of hydrogen-bond acceptors (Lipinski definition) is 2. The summed E-state index contributed by atoms with van der Waals surface area (Å²) in [6, 6.07) is 4.88. The van der Waals surface area contributed by atoms with Crippen molar-refractivity contribution in [2.24, 2.45) is 5.73 Å². The van der Waals surface area contributed by atoms with E-state index in [0.717, 1.165) is 6.20 Å². The Labute approximate surface area is 102 Å². The maximum Gasteiger partial charge on any atom is 0.142 e. The van der Waals surface area contributed by atoms with Crippen molar-refractivity contribution in [3.05, 3.63) is 64.4 Å². The molecule has 0 radical (unpaired) electrons. The Morgan fingerprint density at radius 2 is 1.88 bits per heavy atom. The molecule has 0 aliphatic carbocycles. The number of nitrogens with two attached hydrogens (primary N) is 1. The smallest absolute Gasteiger partial charge is 0.142 e. The molecule has 0 saturated carbocycles. The third-order valence-corrected chi connectivity index (χ3v) is 2.69. The molecule has 2 aromatic rings. The van der Waals surface area contributed by atoms with Crippen molar-refractivity contribution in [1.29, 1.82) is 0 Å². The van der Waals surface area contributed by atoms with Crippen molar-refractivity contribution in [2.45, 2.75) is 6.04 Å². The third kappa shape index (κ3) is 2.60. The van der Waals surface area contributed by atoms with Crippen molar-refractivity contribution in [2.75, 3.05) is 0 Å². The molecule has 2 nitrogen and oxygen atoms in total. The standard InChI is InChI=1S/C12H9ClF2N2/c13-10-2-1-7(4-11(10)15)12(16)8-3-9(14)6-17-5-8/h1-6,12H,16H2. The van der Waals surface area contributed by atoms with E-state index in [9.17, 15) is 8.78 Å². The summed E-state index contributed by atoms with van der Waals surface area (Å²) in [6.07, 6.45) is 2.53. The van der Waals surface area contributed by atoms with Crippen LogP contribution in [0.4, 0.5) is 8.78 Å². The van der Waals surface area contributed by atoms with Crippen LogP contribution < -0.4 is 5.73 Å². The molecule has 1 aromatic carbocycles. The Kier molecular flexibility index (Phi) is 3.36. The van der Waals surface area contributed by atoms with Gasteiger partial charge in [-0.05, 0) is 29.3 Å². The molecule has 1 aromatic heterocycles. The summed E-state index contributed by atoms with van der Waals surface area (Å²) in [6.45, 7) is 0. The predicted molar refractivity (Wildman–Crippen MR) is 61.6 cm³/mol. The largest absolute Gasteiger partial charge is 0.320 e. The van der Waals surface area contributed by atoms with E-state index in [4.69, 9.17) is 17.3 Å². The number of benzene rings is 1. The van der Waals surface area contributed by atoms with Crippen LogP contribution in [-0.4, -0.2) is 4.98 Å². The van der Waals surface area contributed by atoms with Gasteiger partial charge in [-0.1, -0.05) is 17.7 Å². The van der Waals surface area contributed by atoms with E-state index in [1.807, 2.05) is 0 Å². The molecule has 0 spiro atoms. The van der Waals surface area contributed by atoms with Crippen molar-refractivity contribution in [3.63, 3.8) is 0 Å². The highest BCUT2D eigenvalue weighted by Gasteiger charge is 2.12. The van der Waals surface area contributed by atoms with Gasteiger partial charge >= 0.3 is 0 Å². The first-order valence-corrected chi connectivity index (χ1v) is 5.26. The fraction of sp³-hybridized carbons (Fsp3) is 0.0833. The van der Waals surface area contributed by atoms with Gasteiger partial charge in [0, 0.05) is 6.20 Å². The van der Waals surface area contributed by atoms with Crippen LogP contribution in [0.5, 0.6) is 0 Å². The number of rotatable bonds is 2. The van der Waals surface area contributed by atoms with Crippen molar-refractivity contribution in [3.8, 4) is 0 Å². The lowest BCUT2D eigenvalue weighted by Crippen LogP contribution is -2.12. The van der Waals surface area contributed by atoms with E-state index in [0.29, 0.717) is 11.1 Å². The molecule has 0 bridgehead atoms. The number of nitrogens with zero attached hydrogens (tertiary/aromatic N) is 1. The van der Waals surface area contributed by atoms with Gasteiger partial charge in [0.1, 0.15) is 11.6 Å². The summed E-state index contributed by atoms with van der Waals surface area (Å²) < 4.78 is 26.2. The summed E-state index contributed by atoms with van der Waals surface area (Å²) in [4.78, 5) is 3.70. The summed E-state index contributed by atoms with van der Waals surface area (Å²) in [5, 5.41) is 0.0262. The first-order chi connectivity index (χ1) is 8.08. The lowest BCUT2D eigenvalue weighted by molar-refractivity contribution is 0.614. The number of halogens is 3. The molecule has 0 fully saturated rings. The van der Waals surface area contributed by atoms with Crippen LogP contribution in [0.3, 0.4) is 0 Å². The predicted octanol–water partition coefficient (Wildman–Crippen LogP) is 3.06. The van der Waals surface area contributed by atoms with Gasteiger partial charge in [0.15, 0.2) is 0 Å². The highest BCUT2D eigenvalue weighted by atomic mass is 35.5. The Morgan fingerprint density at radius 1 is 1.12 bits per heavy atom. The van der Waals surface area contributed by atoms with Gasteiger partial charge in [0.25, 0.3) is 0 Å². The maximum atomic E-state index is 13.3. The normalized spacial score (nSPS) is 12.5. The van der Waals surface area contributed by atoms with Crippen molar-refractivity contribution < 1.29 is 8.78 Å². The molecule has 2 rings (SSSR count).